The number of carbonyl (C=O) groups is 1. The van der Waals surface area contributed by atoms with Gasteiger partial charge in [0, 0.05) is 23.6 Å². The van der Waals surface area contributed by atoms with Crippen molar-refractivity contribution in [2.75, 3.05) is 32.5 Å². The van der Waals surface area contributed by atoms with Crippen LogP contribution in [0.5, 0.6) is 5.75 Å². The predicted molar refractivity (Wildman–Crippen MR) is 80.3 cm³/mol. The van der Waals surface area contributed by atoms with Gasteiger partial charge in [0.1, 0.15) is 11.6 Å². The van der Waals surface area contributed by atoms with Gasteiger partial charge in [-0.2, -0.15) is 11.8 Å². The zero-order chi connectivity index (χ0) is 14.8. The number of benzene rings is 1. The predicted octanol–water partition coefficient (Wildman–Crippen LogP) is 2.84. The van der Waals surface area contributed by atoms with E-state index in [1.165, 1.54) is 25.3 Å². The highest BCUT2D eigenvalue weighted by atomic mass is 32.2. The number of ketones is 1. The van der Waals surface area contributed by atoms with Gasteiger partial charge in [0.25, 0.3) is 0 Å². The number of carbonyl (C=O) groups excluding carboxylic acids is 1. The van der Waals surface area contributed by atoms with Crippen molar-refractivity contribution in [1.82, 2.24) is 4.90 Å². The smallest absolute Gasteiger partial charge is 0.180 e. The summed E-state index contributed by atoms with van der Waals surface area (Å²) in [5.41, 5.74) is 0.323. The van der Waals surface area contributed by atoms with Crippen molar-refractivity contribution in [3.05, 3.63) is 29.6 Å². The van der Waals surface area contributed by atoms with Crippen LogP contribution >= 0.6 is 11.8 Å². The number of ether oxygens (including phenoxy) is 1. The average Bonchev–Trinajstić information content (AvgIpc) is 2.37. The summed E-state index contributed by atoms with van der Waals surface area (Å²) in [5.74, 6) is 0.940. The number of thioether (sulfide) groups is 1. The number of halogens is 1. The van der Waals surface area contributed by atoms with E-state index in [0.29, 0.717) is 17.9 Å². The zero-order valence-corrected chi connectivity index (χ0v) is 12.9. The third-order valence-corrected chi connectivity index (χ3v) is 4.63. The molecule has 1 fully saturated rings. The fourth-order valence-corrected chi connectivity index (χ4v) is 3.61. The van der Waals surface area contributed by atoms with Crippen molar-refractivity contribution in [3.63, 3.8) is 0 Å². The molecule has 1 aliphatic heterocycles. The number of hydrogen-bond acceptors (Lipinski definition) is 4. The first-order valence-electron chi connectivity index (χ1n) is 6.64. The topological polar surface area (TPSA) is 29.5 Å². The van der Waals surface area contributed by atoms with Crippen molar-refractivity contribution in [3.8, 4) is 5.75 Å². The molecule has 0 aliphatic carbocycles. The monoisotopic (exact) mass is 297 g/mol. The van der Waals surface area contributed by atoms with Gasteiger partial charge in [0.15, 0.2) is 5.78 Å². The minimum absolute atomic E-state index is 0.0935. The fraction of sp³-hybridized carbons (Fsp3) is 0.533. The molecule has 20 heavy (non-hydrogen) atoms. The summed E-state index contributed by atoms with van der Waals surface area (Å²) < 4.78 is 18.6. The van der Waals surface area contributed by atoms with Gasteiger partial charge < -0.3 is 4.74 Å². The van der Waals surface area contributed by atoms with E-state index in [0.717, 1.165) is 18.8 Å². The number of nitrogens with zero attached hydrogens (tertiary/aromatic N) is 1. The van der Waals surface area contributed by atoms with Gasteiger partial charge >= 0.3 is 0 Å². The van der Waals surface area contributed by atoms with E-state index in [4.69, 9.17) is 4.74 Å². The molecule has 1 aromatic carbocycles. The Morgan fingerprint density at radius 3 is 2.90 bits per heavy atom. The highest BCUT2D eigenvalue weighted by Gasteiger charge is 2.28. The molecule has 0 radical (unpaired) electrons. The standard InChI is InChI=1S/C15H20FNO2S/c1-15(2)10-17(6-7-20-15)9-13(18)12-8-11(16)4-5-14(12)19-3/h4-5,8H,6-7,9-10H2,1-3H3. The van der Waals surface area contributed by atoms with Crippen LogP contribution in [0, 0.1) is 5.82 Å². The summed E-state index contributed by atoms with van der Waals surface area (Å²) in [6.45, 7) is 6.41. The van der Waals surface area contributed by atoms with E-state index in [9.17, 15) is 9.18 Å². The second-order valence-corrected chi connectivity index (χ2v) is 7.39. The highest BCUT2D eigenvalue weighted by Crippen LogP contribution is 2.29. The lowest BCUT2D eigenvalue weighted by atomic mass is 10.1. The molecule has 2 rings (SSSR count). The third-order valence-electron chi connectivity index (χ3n) is 3.33. The number of hydrogen-bond donors (Lipinski definition) is 0. The lowest BCUT2D eigenvalue weighted by molar-refractivity contribution is 0.0924. The van der Waals surface area contributed by atoms with E-state index in [-0.39, 0.29) is 10.5 Å². The fourth-order valence-electron chi connectivity index (χ4n) is 2.44. The van der Waals surface area contributed by atoms with Crippen LogP contribution in [-0.2, 0) is 0 Å². The Kier molecular flexibility index (Phi) is 4.70. The van der Waals surface area contributed by atoms with Crippen molar-refractivity contribution in [1.29, 1.82) is 0 Å². The first-order valence-corrected chi connectivity index (χ1v) is 7.63. The molecule has 1 heterocycles. The average molecular weight is 297 g/mol. The summed E-state index contributed by atoms with van der Waals surface area (Å²) in [5, 5.41) is 0. The van der Waals surface area contributed by atoms with Gasteiger partial charge in [-0.05, 0) is 32.0 Å². The molecule has 0 bridgehead atoms. The van der Waals surface area contributed by atoms with Crippen LogP contribution in [0.25, 0.3) is 0 Å². The van der Waals surface area contributed by atoms with E-state index in [1.54, 1.807) is 0 Å². The van der Waals surface area contributed by atoms with E-state index in [2.05, 4.69) is 18.7 Å². The third kappa shape index (κ3) is 3.73. The first-order chi connectivity index (χ1) is 9.41. The largest absolute Gasteiger partial charge is 0.496 e. The Bertz CT molecular complexity index is 505. The molecule has 5 heteroatoms. The van der Waals surface area contributed by atoms with Crippen LogP contribution < -0.4 is 4.74 Å². The molecule has 3 nitrogen and oxygen atoms in total. The van der Waals surface area contributed by atoms with Crippen LogP contribution in [0.2, 0.25) is 0 Å². The first kappa shape index (κ1) is 15.3. The minimum atomic E-state index is -0.413. The second kappa shape index (κ2) is 6.14. The second-order valence-electron chi connectivity index (χ2n) is 5.59. The van der Waals surface area contributed by atoms with Crippen molar-refractivity contribution < 1.29 is 13.9 Å². The normalized spacial score (nSPS) is 18.8. The highest BCUT2D eigenvalue weighted by molar-refractivity contribution is 8.00. The van der Waals surface area contributed by atoms with Crippen molar-refractivity contribution in [2.24, 2.45) is 0 Å². The van der Waals surface area contributed by atoms with E-state index in [1.807, 2.05) is 11.8 Å². The van der Waals surface area contributed by atoms with Crippen LogP contribution in [-0.4, -0.2) is 47.9 Å². The Morgan fingerprint density at radius 2 is 2.25 bits per heavy atom. The van der Waals surface area contributed by atoms with Crippen molar-refractivity contribution >= 4 is 17.5 Å². The molecular formula is C15H20FNO2S. The minimum Gasteiger partial charge on any atom is -0.496 e. The number of rotatable bonds is 4. The lowest BCUT2D eigenvalue weighted by Gasteiger charge is -2.37. The molecular weight excluding hydrogens is 277 g/mol. The maximum Gasteiger partial charge on any atom is 0.180 e. The number of methoxy groups -OCH3 is 1. The summed E-state index contributed by atoms with van der Waals surface area (Å²) in [6.07, 6.45) is 0. The van der Waals surface area contributed by atoms with Gasteiger partial charge in [-0.15, -0.1) is 0 Å². The van der Waals surface area contributed by atoms with Gasteiger partial charge in [-0.25, -0.2) is 4.39 Å². The molecule has 0 saturated carbocycles. The Labute approximate surface area is 123 Å². The molecule has 1 aliphatic rings. The van der Waals surface area contributed by atoms with Gasteiger partial charge in [0.05, 0.1) is 19.2 Å². The Morgan fingerprint density at radius 1 is 1.50 bits per heavy atom. The summed E-state index contributed by atoms with van der Waals surface area (Å²) in [6, 6.07) is 4.06. The molecule has 110 valence electrons. The molecule has 0 N–H and O–H groups in total. The Hall–Kier alpha value is -1.07. The molecule has 1 saturated heterocycles. The molecule has 0 spiro atoms. The quantitative estimate of drug-likeness (QED) is 0.799. The number of Topliss-reactive ketones (excluding diaryl/α,β-unsaturated/α-hetero) is 1. The summed E-state index contributed by atoms with van der Waals surface area (Å²) >= 11 is 1.92. The van der Waals surface area contributed by atoms with E-state index >= 15 is 0 Å². The lowest BCUT2D eigenvalue weighted by Crippen LogP contribution is -2.45. The maximum absolute atomic E-state index is 13.3. The summed E-state index contributed by atoms with van der Waals surface area (Å²) in [7, 11) is 1.49. The molecule has 0 aromatic heterocycles. The van der Waals surface area contributed by atoms with Gasteiger partial charge in [-0.1, -0.05) is 0 Å². The van der Waals surface area contributed by atoms with Crippen LogP contribution in [0.4, 0.5) is 4.39 Å². The molecule has 0 unspecified atom stereocenters. The molecule has 0 atom stereocenters. The van der Waals surface area contributed by atoms with Crippen LogP contribution in [0.1, 0.15) is 24.2 Å². The van der Waals surface area contributed by atoms with Gasteiger partial charge in [0.2, 0.25) is 0 Å². The summed E-state index contributed by atoms with van der Waals surface area (Å²) in [4.78, 5) is 14.5. The van der Waals surface area contributed by atoms with Crippen LogP contribution in [0.15, 0.2) is 18.2 Å². The zero-order valence-electron chi connectivity index (χ0n) is 12.1. The molecule has 1 aromatic rings. The molecule has 0 amide bonds. The Balaban J connectivity index is 2.10. The maximum atomic E-state index is 13.3. The SMILES string of the molecule is COc1ccc(F)cc1C(=O)CN1CCSC(C)(C)C1. The van der Waals surface area contributed by atoms with E-state index < -0.39 is 5.82 Å². The van der Waals surface area contributed by atoms with Crippen LogP contribution in [0.3, 0.4) is 0 Å². The van der Waals surface area contributed by atoms with Gasteiger partial charge in [-0.3, -0.25) is 9.69 Å². The van der Waals surface area contributed by atoms with Crippen molar-refractivity contribution in [2.45, 2.75) is 18.6 Å².